The minimum absolute atomic E-state index is 0.0807. The molecule has 8 heteroatoms. The molecule has 6 nitrogen and oxygen atoms in total. The zero-order valence-electron chi connectivity index (χ0n) is 23.3. The van der Waals surface area contributed by atoms with E-state index in [0.717, 1.165) is 23.4 Å². The van der Waals surface area contributed by atoms with Crippen LogP contribution in [0.1, 0.15) is 38.6 Å². The molecule has 0 saturated heterocycles. The smallest absolute Gasteiger partial charge is 0.178 e. The number of terminal acetylenes is 1. The topological polar surface area (TPSA) is 92.5 Å². The van der Waals surface area contributed by atoms with Crippen LogP contribution in [-0.2, 0) is 6.42 Å². The SMILES string of the molecule is C#C.C=C(CC(C)(C)C)Nc1cncc(-c2cc(Cc3nc4nccc(-c5cccc(F)c5)c4[nH]3)c(N)cc2F)c1. The predicted molar refractivity (Wildman–Crippen MR) is 163 cm³/mol. The summed E-state index contributed by atoms with van der Waals surface area (Å²) >= 11 is 0. The van der Waals surface area contributed by atoms with E-state index in [-0.39, 0.29) is 11.2 Å². The number of fused-ring (bicyclic) bond motifs is 1. The number of rotatable bonds is 7. The van der Waals surface area contributed by atoms with Crippen molar-refractivity contribution in [3.8, 4) is 35.1 Å². The molecule has 5 rings (SSSR count). The Balaban J connectivity index is 0.00000189. The van der Waals surface area contributed by atoms with Crippen LogP contribution in [0.5, 0.6) is 0 Å². The van der Waals surface area contributed by atoms with Crippen molar-refractivity contribution in [2.45, 2.75) is 33.6 Å². The summed E-state index contributed by atoms with van der Waals surface area (Å²) < 4.78 is 29.0. The molecule has 0 aliphatic carbocycles. The maximum absolute atomic E-state index is 15.1. The Labute approximate surface area is 238 Å². The van der Waals surface area contributed by atoms with E-state index in [1.807, 2.05) is 18.2 Å². The van der Waals surface area contributed by atoms with Gasteiger partial charge < -0.3 is 16.0 Å². The monoisotopic (exact) mass is 550 g/mol. The van der Waals surface area contributed by atoms with E-state index in [1.165, 1.54) is 18.2 Å². The number of nitrogens with zero attached hydrogens (tertiary/aromatic N) is 3. The molecule has 0 aliphatic heterocycles. The highest BCUT2D eigenvalue weighted by Gasteiger charge is 2.16. The molecule has 0 fully saturated rings. The quantitative estimate of drug-likeness (QED) is 0.142. The average molecular weight is 551 g/mol. The first-order valence-corrected chi connectivity index (χ1v) is 13.0. The molecule has 4 N–H and O–H groups in total. The number of anilines is 2. The van der Waals surface area contributed by atoms with Crippen LogP contribution in [0.3, 0.4) is 0 Å². The van der Waals surface area contributed by atoms with Crippen LogP contribution in [0.25, 0.3) is 33.4 Å². The predicted octanol–water partition coefficient (Wildman–Crippen LogP) is 7.75. The van der Waals surface area contributed by atoms with Crippen molar-refractivity contribution in [3.63, 3.8) is 0 Å². The summed E-state index contributed by atoms with van der Waals surface area (Å²) in [7, 11) is 0. The zero-order chi connectivity index (χ0) is 29.7. The molecule has 3 aromatic heterocycles. The molecular weight excluding hydrogens is 518 g/mol. The van der Waals surface area contributed by atoms with Crippen molar-refractivity contribution in [1.82, 2.24) is 19.9 Å². The van der Waals surface area contributed by atoms with Crippen molar-refractivity contribution >= 4 is 22.5 Å². The third-order valence-electron chi connectivity index (χ3n) is 6.28. The standard InChI is InChI=1S/C31H30F2N6.C2H2/c1-18(15-31(2,3)4)37-23-11-21(16-35-17-23)25-12-20(27(34)14-26(25)33)13-28-38-29-24(8-9-36-30(29)39-28)19-6-5-7-22(32)10-19;1-2/h5-12,14,16-17,37H,1,13,15,34H2,2-4H3,(H,36,38,39);1-2H. The Morgan fingerprint density at radius 3 is 2.54 bits per heavy atom. The number of nitrogens with one attached hydrogen (secondary N) is 2. The number of aromatic nitrogens is 4. The summed E-state index contributed by atoms with van der Waals surface area (Å²) in [6, 6.07) is 13.1. The largest absolute Gasteiger partial charge is 0.398 e. The molecule has 0 aliphatic rings. The van der Waals surface area contributed by atoms with Gasteiger partial charge in [-0.05, 0) is 59.4 Å². The third kappa shape index (κ3) is 6.95. The third-order valence-corrected chi connectivity index (χ3v) is 6.28. The van der Waals surface area contributed by atoms with Gasteiger partial charge in [0.15, 0.2) is 5.65 Å². The summed E-state index contributed by atoms with van der Waals surface area (Å²) in [4.78, 5) is 16.6. The van der Waals surface area contributed by atoms with Crippen molar-refractivity contribution in [1.29, 1.82) is 0 Å². The van der Waals surface area contributed by atoms with Crippen molar-refractivity contribution in [2.24, 2.45) is 5.41 Å². The first-order valence-electron chi connectivity index (χ1n) is 13.0. The number of nitrogens with two attached hydrogens (primary N) is 1. The molecule has 208 valence electrons. The maximum Gasteiger partial charge on any atom is 0.178 e. The fourth-order valence-electron chi connectivity index (χ4n) is 4.67. The number of pyridine rings is 2. The van der Waals surface area contributed by atoms with Crippen LogP contribution in [-0.4, -0.2) is 19.9 Å². The van der Waals surface area contributed by atoms with Crippen LogP contribution < -0.4 is 11.1 Å². The first-order chi connectivity index (χ1) is 19.6. The zero-order valence-corrected chi connectivity index (χ0v) is 23.3. The first kappa shape index (κ1) is 29.0. The Hall–Kier alpha value is -5.03. The molecule has 0 bridgehead atoms. The minimum atomic E-state index is -0.441. The molecule has 41 heavy (non-hydrogen) atoms. The number of H-pyrrole nitrogens is 1. The second kappa shape index (κ2) is 12.0. The number of aromatic amines is 1. The number of benzene rings is 2. The van der Waals surface area contributed by atoms with E-state index >= 15 is 4.39 Å². The summed E-state index contributed by atoms with van der Waals surface area (Å²) in [5.41, 5.74) is 12.6. The molecule has 0 amide bonds. The van der Waals surface area contributed by atoms with E-state index in [2.05, 4.69) is 65.4 Å². The van der Waals surface area contributed by atoms with Crippen molar-refractivity contribution in [2.75, 3.05) is 11.1 Å². The molecule has 0 radical (unpaired) electrons. The number of allylic oxidation sites excluding steroid dienone is 1. The van der Waals surface area contributed by atoms with Gasteiger partial charge in [-0.1, -0.05) is 39.5 Å². The Morgan fingerprint density at radius 1 is 1.02 bits per heavy atom. The normalized spacial score (nSPS) is 11.1. The van der Waals surface area contributed by atoms with Gasteiger partial charge in [-0.3, -0.25) is 4.98 Å². The van der Waals surface area contributed by atoms with Crippen molar-refractivity contribution < 1.29 is 8.78 Å². The van der Waals surface area contributed by atoms with Gasteiger partial charge in [-0.15, -0.1) is 12.8 Å². The van der Waals surface area contributed by atoms with Crippen molar-refractivity contribution in [3.05, 3.63) is 102 Å². The molecule has 0 unspecified atom stereocenters. The molecule has 0 atom stereocenters. The van der Waals surface area contributed by atoms with Gasteiger partial charge in [0, 0.05) is 46.9 Å². The van der Waals surface area contributed by atoms with Gasteiger partial charge in [0.2, 0.25) is 0 Å². The van der Waals surface area contributed by atoms with Crippen LogP contribution in [0.4, 0.5) is 20.2 Å². The number of halogens is 2. The summed E-state index contributed by atoms with van der Waals surface area (Å²) in [5, 5.41) is 3.28. The van der Waals surface area contributed by atoms with Gasteiger partial charge in [0.05, 0.1) is 17.4 Å². The molecular formula is C33H32F2N6. The van der Waals surface area contributed by atoms with E-state index in [4.69, 9.17) is 5.73 Å². The van der Waals surface area contributed by atoms with Crippen LogP contribution in [0.15, 0.2) is 79.4 Å². The van der Waals surface area contributed by atoms with E-state index in [9.17, 15) is 4.39 Å². The molecule has 5 aromatic rings. The Kier molecular flexibility index (Phi) is 8.48. The number of hydrogen-bond donors (Lipinski definition) is 3. The second-order valence-electron chi connectivity index (χ2n) is 10.9. The lowest BCUT2D eigenvalue weighted by atomic mass is 9.91. The van der Waals surface area contributed by atoms with Crippen LogP contribution >= 0.6 is 0 Å². The number of nitrogen functional groups attached to an aromatic ring is 1. The van der Waals surface area contributed by atoms with Gasteiger partial charge in [-0.2, -0.15) is 0 Å². The van der Waals surface area contributed by atoms with Gasteiger partial charge in [0.25, 0.3) is 0 Å². The fraction of sp³-hybridized carbons (Fsp3) is 0.182. The number of imidazole rings is 1. The van der Waals surface area contributed by atoms with Gasteiger partial charge >= 0.3 is 0 Å². The Bertz CT molecular complexity index is 1730. The fourth-order valence-corrected chi connectivity index (χ4v) is 4.67. The van der Waals surface area contributed by atoms with Crippen LogP contribution in [0.2, 0.25) is 0 Å². The average Bonchev–Trinajstić information content (AvgIpc) is 3.33. The lowest BCUT2D eigenvalue weighted by Crippen LogP contribution is -2.10. The highest BCUT2D eigenvalue weighted by atomic mass is 19.1. The maximum atomic E-state index is 15.1. The summed E-state index contributed by atoms with van der Waals surface area (Å²) in [6.45, 7) is 10.5. The molecule has 0 saturated carbocycles. The highest BCUT2D eigenvalue weighted by molar-refractivity contribution is 5.89. The summed E-state index contributed by atoms with van der Waals surface area (Å²) in [5.74, 6) is -0.155. The lowest BCUT2D eigenvalue weighted by Gasteiger charge is -2.20. The summed E-state index contributed by atoms with van der Waals surface area (Å²) in [6.07, 6.45) is 14.1. The molecule has 0 spiro atoms. The lowest BCUT2D eigenvalue weighted by molar-refractivity contribution is 0.411. The van der Waals surface area contributed by atoms with E-state index in [0.29, 0.717) is 51.4 Å². The second-order valence-corrected chi connectivity index (χ2v) is 10.9. The highest BCUT2D eigenvalue weighted by Crippen LogP contribution is 2.32. The molecule has 2 aromatic carbocycles. The van der Waals surface area contributed by atoms with Crippen LogP contribution in [0, 0.1) is 29.9 Å². The minimum Gasteiger partial charge on any atom is -0.398 e. The van der Waals surface area contributed by atoms with Gasteiger partial charge in [0.1, 0.15) is 17.5 Å². The molecule has 3 heterocycles. The van der Waals surface area contributed by atoms with Gasteiger partial charge in [-0.25, -0.2) is 18.7 Å². The van der Waals surface area contributed by atoms with E-state index in [1.54, 1.807) is 30.7 Å². The number of hydrogen-bond acceptors (Lipinski definition) is 5. The van der Waals surface area contributed by atoms with E-state index < -0.39 is 5.82 Å². The Morgan fingerprint density at radius 2 is 1.80 bits per heavy atom.